The van der Waals surface area contributed by atoms with Crippen molar-refractivity contribution < 1.29 is 0 Å². The molecule has 0 bridgehead atoms. The van der Waals surface area contributed by atoms with E-state index in [1.54, 1.807) is 0 Å². The fourth-order valence-electron chi connectivity index (χ4n) is 2.69. The van der Waals surface area contributed by atoms with Crippen molar-refractivity contribution in [1.29, 1.82) is 0 Å². The summed E-state index contributed by atoms with van der Waals surface area (Å²) >= 11 is 0. The minimum Gasteiger partial charge on any atom is -0.367 e. The Morgan fingerprint density at radius 1 is 1.00 bits per heavy atom. The molecule has 1 aliphatic rings. The first-order valence-corrected chi connectivity index (χ1v) is 6.89. The average molecular weight is 249 g/mol. The summed E-state index contributed by atoms with van der Waals surface area (Å²) in [5, 5.41) is 0. The van der Waals surface area contributed by atoms with Crippen LogP contribution in [-0.4, -0.2) is 6.54 Å². The van der Waals surface area contributed by atoms with E-state index in [1.165, 1.54) is 27.9 Å². The molecule has 0 spiro atoms. The number of nitrogens with zero attached hydrogens (tertiary/aromatic N) is 1. The summed E-state index contributed by atoms with van der Waals surface area (Å²) in [6.45, 7) is 6.37. The van der Waals surface area contributed by atoms with Crippen LogP contribution < -0.4 is 4.90 Å². The molecule has 1 heteroatoms. The van der Waals surface area contributed by atoms with Gasteiger partial charge in [-0.15, -0.1) is 0 Å². The fourth-order valence-corrected chi connectivity index (χ4v) is 2.69. The Morgan fingerprint density at radius 2 is 1.79 bits per heavy atom. The van der Waals surface area contributed by atoms with Gasteiger partial charge in [-0.25, -0.2) is 0 Å². The van der Waals surface area contributed by atoms with Gasteiger partial charge in [0.1, 0.15) is 0 Å². The van der Waals surface area contributed by atoms with Gasteiger partial charge in [0.2, 0.25) is 0 Å². The molecule has 3 rings (SSSR count). The van der Waals surface area contributed by atoms with Gasteiger partial charge in [0.05, 0.1) is 0 Å². The molecule has 0 saturated carbocycles. The molecular weight excluding hydrogens is 230 g/mol. The molecule has 0 saturated heterocycles. The Hall–Kier alpha value is -2.02. The molecule has 0 atom stereocenters. The van der Waals surface area contributed by atoms with E-state index in [2.05, 4.69) is 73.4 Å². The highest BCUT2D eigenvalue weighted by Gasteiger charge is 2.13. The average Bonchev–Trinajstić information content (AvgIpc) is 2.42. The van der Waals surface area contributed by atoms with E-state index >= 15 is 0 Å². The Kier molecular flexibility index (Phi) is 3.12. The third kappa shape index (κ3) is 2.28. The summed E-state index contributed by atoms with van der Waals surface area (Å²) in [6.07, 6.45) is 4.48. The zero-order chi connectivity index (χ0) is 13.2. The number of hydrogen-bond donors (Lipinski definition) is 0. The summed E-state index contributed by atoms with van der Waals surface area (Å²) in [5.41, 5.74) is 6.68. The number of hydrogen-bond acceptors (Lipinski definition) is 1. The predicted molar refractivity (Wildman–Crippen MR) is 83.3 cm³/mol. The Balaban J connectivity index is 2.16. The number of benzene rings is 2. The quantitative estimate of drug-likeness (QED) is 0.719. The third-order valence-corrected chi connectivity index (χ3v) is 3.76. The van der Waals surface area contributed by atoms with Crippen LogP contribution in [0.5, 0.6) is 0 Å². The second-order valence-corrected chi connectivity index (χ2v) is 5.11. The molecular formula is C18H19N. The second kappa shape index (κ2) is 4.93. The molecule has 0 unspecified atom stereocenters. The SMILES string of the molecule is CCN1Cc2ccccc2/C=C\c2cc(C)ccc21. The molecule has 96 valence electrons. The van der Waals surface area contributed by atoms with Crippen molar-refractivity contribution in [2.24, 2.45) is 0 Å². The predicted octanol–water partition coefficient (Wildman–Crippen LogP) is 4.51. The molecule has 2 aromatic carbocycles. The van der Waals surface area contributed by atoms with Crippen LogP contribution in [0.4, 0.5) is 5.69 Å². The lowest BCUT2D eigenvalue weighted by molar-refractivity contribution is 0.828. The van der Waals surface area contributed by atoms with E-state index in [-0.39, 0.29) is 0 Å². The molecule has 1 aliphatic heterocycles. The van der Waals surface area contributed by atoms with Crippen molar-refractivity contribution in [2.45, 2.75) is 20.4 Å². The lowest BCUT2D eigenvalue weighted by Crippen LogP contribution is -2.23. The fraction of sp³-hybridized carbons (Fsp3) is 0.222. The summed E-state index contributed by atoms with van der Waals surface area (Å²) < 4.78 is 0. The van der Waals surface area contributed by atoms with Gasteiger partial charge in [-0.2, -0.15) is 0 Å². The number of anilines is 1. The van der Waals surface area contributed by atoms with Gasteiger partial charge in [0.15, 0.2) is 0 Å². The van der Waals surface area contributed by atoms with Gasteiger partial charge in [-0.1, -0.05) is 48.0 Å². The molecule has 1 heterocycles. The van der Waals surface area contributed by atoms with Gasteiger partial charge < -0.3 is 4.90 Å². The van der Waals surface area contributed by atoms with Crippen molar-refractivity contribution in [3.8, 4) is 0 Å². The Bertz CT molecular complexity index is 625. The van der Waals surface area contributed by atoms with Crippen LogP contribution in [0.3, 0.4) is 0 Å². The highest BCUT2D eigenvalue weighted by molar-refractivity contribution is 5.80. The van der Waals surface area contributed by atoms with Gasteiger partial charge >= 0.3 is 0 Å². The third-order valence-electron chi connectivity index (χ3n) is 3.76. The van der Waals surface area contributed by atoms with Crippen molar-refractivity contribution in [3.63, 3.8) is 0 Å². The molecule has 1 nitrogen and oxygen atoms in total. The lowest BCUT2D eigenvalue weighted by Gasteiger charge is -2.27. The molecule has 0 aromatic heterocycles. The van der Waals surface area contributed by atoms with Gasteiger partial charge in [-0.05, 0) is 42.7 Å². The Labute approximate surface area is 115 Å². The van der Waals surface area contributed by atoms with Crippen molar-refractivity contribution in [1.82, 2.24) is 0 Å². The Morgan fingerprint density at radius 3 is 2.63 bits per heavy atom. The van der Waals surface area contributed by atoms with E-state index in [0.717, 1.165) is 13.1 Å². The van der Waals surface area contributed by atoms with Crippen LogP contribution in [0.1, 0.15) is 29.2 Å². The minimum atomic E-state index is 0.979. The van der Waals surface area contributed by atoms with Crippen LogP contribution in [0, 0.1) is 6.92 Å². The van der Waals surface area contributed by atoms with Gasteiger partial charge in [0.25, 0.3) is 0 Å². The summed E-state index contributed by atoms with van der Waals surface area (Å²) in [7, 11) is 0. The van der Waals surface area contributed by atoms with Gasteiger partial charge in [0, 0.05) is 18.8 Å². The van der Waals surface area contributed by atoms with E-state index in [9.17, 15) is 0 Å². The van der Waals surface area contributed by atoms with E-state index in [4.69, 9.17) is 0 Å². The van der Waals surface area contributed by atoms with E-state index in [1.807, 2.05) is 0 Å². The van der Waals surface area contributed by atoms with Crippen LogP contribution in [0.25, 0.3) is 12.2 Å². The summed E-state index contributed by atoms with van der Waals surface area (Å²) in [6, 6.07) is 15.4. The largest absolute Gasteiger partial charge is 0.367 e. The number of aryl methyl sites for hydroxylation is 1. The first-order chi connectivity index (χ1) is 9.28. The van der Waals surface area contributed by atoms with E-state index in [0.29, 0.717) is 0 Å². The molecule has 0 N–H and O–H groups in total. The van der Waals surface area contributed by atoms with E-state index < -0.39 is 0 Å². The molecule has 0 aliphatic carbocycles. The van der Waals surface area contributed by atoms with Gasteiger partial charge in [-0.3, -0.25) is 0 Å². The minimum absolute atomic E-state index is 0.979. The highest BCUT2D eigenvalue weighted by atomic mass is 15.1. The first kappa shape index (κ1) is 12.0. The maximum absolute atomic E-state index is 2.44. The maximum Gasteiger partial charge on any atom is 0.0442 e. The summed E-state index contributed by atoms with van der Waals surface area (Å²) in [5.74, 6) is 0. The zero-order valence-electron chi connectivity index (χ0n) is 11.6. The lowest BCUT2D eigenvalue weighted by atomic mass is 10.00. The molecule has 0 fully saturated rings. The molecule has 19 heavy (non-hydrogen) atoms. The van der Waals surface area contributed by atoms with Crippen LogP contribution >= 0.6 is 0 Å². The number of fused-ring (bicyclic) bond motifs is 2. The van der Waals surface area contributed by atoms with Crippen LogP contribution in [0.2, 0.25) is 0 Å². The molecule has 0 radical (unpaired) electrons. The molecule has 2 aromatic rings. The van der Waals surface area contributed by atoms with Crippen molar-refractivity contribution in [3.05, 3.63) is 64.7 Å². The first-order valence-electron chi connectivity index (χ1n) is 6.89. The second-order valence-electron chi connectivity index (χ2n) is 5.11. The number of rotatable bonds is 1. The molecule has 0 amide bonds. The zero-order valence-corrected chi connectivity index (χ0v) is 11.6. The highest BCUT2D eigenvalue weighted by Crippen LogP contribution is 2.29. The van der Waals surface area contributed by atoms with Crippen LogP contribution in [0.15, 0.2) is 42.5 Å². The topological polar surface area (TPSA) is 3.24 Å². The van der Waals surface area contributed by atoms with Crippen molar-refractivity contribution >= 4 is 17.8 Å². The maximum atomic E-state index is 2.44. The summed E-state index contributed by atoms with van der Waals surface area (Å²) in [4.78, 5) is 2.44. The smallest absolute Gasteiger partial charge is 0.0442 e. The monoisotopic (exact) mass is 249 g/mol. The van der Waals surface area contributed by atoms with Crippen LogP contribution in [-0.2, 0) is 6.54 Å². The van der Waals surface area contributed by atoms with Crippen molar-refractivity contribution in [2.75, 3.05) is 11.4 Å². The normalized spacial score (nSPS) is 15.2. The standard InChI is InChI=1S/C18H19N/c1-3-19-13-17-7-5-4-6-15(17)9-10-16-12-14(2)8-11-18(16)19/h4-12H,3,13H2,1-2H3/b10-9-.